The summed E-state index contributed by atoms with van der Waals surface area (Å²) in [4.78, 5) is 0. The van der Waals surface area contributed by atoms with E-state index in [0.29, 0.717) is 0 Å². The van der Waals surface area contributed by atoms with Gasteiger partial charge in [-0.05, 0) is 18.9 Å². The van der Waals surface area contributed by atoms with Gasteiger partial charge in [-0.25, -0.2) is 0 Å². The molecule has 0 saturated heterocycles. The highest BCUT2D eigenvalue weighted by molar-refractivity contribution is 7.99. The van der Waals surface area contributed by atoms with Crippen molar-refractivity contribution in [3.63, 3.8) is 0 Å². The van der Waals surface area contributed by atoms with Gasteiger partial charge < -0.3 is 9.84 Å². The number of rotatable bonds is 5. The Hall–Kier alpha value is -0.670. The van der Waals surface area contributed by atoms with E-state index in [9.17, 15) is 5.11 Å². The molecular weight excluding hydrogens is 244 g/mol. The van der Waals surface area contributed by atoms with Gasteiger partial charge in [-0.3, -0.25) is 0 Å². The first-order valence-electron chi connectivity index (χ1n) is 6.74. The molecule has 1 aromatic rings. The Bertz CT molecular complexity index is 361. The molecule has 0 aliphatic heterocycles. The number of benzene rings is 1. The van der Waals surface area contributed by atoms with Crippen LogP contribution in [-0.4, -0.2) is 23.2 Å². The molecule has 0 heterocycles. The summed E-state index contributed by atoms with van der Waals surface area (Å²) in [6.45, 7) is 0. The van der Waals surface area contributed by atoms with Crippen LogP contribution < -0.4 is 4.74 Å². The van der Waals surface area contributed by atoms with Crippen molar-refractivity contribution in [2.24, 2.45) is 0 Å². The molecule has 0 amide bonds. The van der Waals surface area contributed by atoms with E-state index in [2.05, 4.69) is 0 Å². The van der Waals surface area contributed by atoms with Crippen LogP contribution in [-0.2, 0) is 0 Å². The van der Waals surface area contributed by atoms with Crippen molar-refractivity contribution >= 4 is 11.8 Å². The average molecular weight is 266 g/mol. The predicted octanol–water partition coefficient (Wildman–Crippen LogP) is 3.79. The molecule has 100 valence electrons. The average Bonchev–Trinajstić information content (AvgIpc) is 2.45. The fourth-order valence-electron chi connectivity index (χ4n) is 2.49. The Morgan fingerprint density at radius 2 is 2.00 bits per heavy atom. The Morgan fingerprint density at radius 3 is 2.72 bits per heavy atom. The lowest BCUT2D eigenvalue weighted by Crippen LogP contribution is -2.11. The minimum absolute atomic E-state index is 0.423. The van der Waals surface area contributed by atoms with Crippen molar-refractivity contribution in [2.75, 3.05) is 12.9 Å². The van der Waals surface area contributed by atoms with Crippen molar-refractivity contribution in [3.8, 4) is 5.75 Å². The summed E-state index contributed by atoms with van der Waals surface area (Å²) >= 11 is 1.91. The van der Waals surface area contributed by atoms with E-state index in [1.807, 2.05) is 36.0 Å². The van der Waals surface area contributed by atoms with Gasteiger partial charge in [-0.15, -0.1) is 0 Å². The molecule has 0 radical (unpaired) electrons. The van der Waals surface area contributed by atoms with Crippen LogP contribution in [0.5, 0.6) is 5.75 Å². The van der Waals surface area contributed by atoms with E-state index >= 15 is 0 Å². The van der Waals surface area contributed by atoms with Crippen LogP contribution in [0, 0.1) is 0 Å². The number of aliphatic hydroxyl groups excluding tert-OH is 1. The summed E-state index contributed by atoms with van der Waals surface area (Å²) < 4.78 is 5.29. The van der Waals surface area contributed by atoms with Crippen molar-refractivity contribution < 1.29 is 9.84 Å². The lowest BCUT2D eigenvalue weighted by Gasteiger charge is -2.22. The van der Waals surface area contributed by atoms with Crippen molar-refractivity contribution in [2.45, 2.75) is 43.5 Å². The molecule has 0 aromatic heterocycles. The maximum absolute atomic E-state index is 10.3. The first kappa shape index (κ1) is 13.8. The summed E-state index contributed by atoms with van der Waals surface area (Å²) in [6, 6.07) is 7.74. The third kappa shape index (κ3) is 3.66. The number of hydrogen-bond acceptors (Lipinski definition) is 3. The van der Waals surface area contributed by atoms with E-state index in [-0.39, 0.29) is 0 Å². The second-order valence-corrected chi connectivity index (χ2v) is 6.18. The molecule has 3 heteroatoms. The molecule has 1 aliphatic rings. The molecule has 0 bridgehead atoms. The second-order valence-electron chi connectivity index (χ2n) is 4.85. The maximum Gasteiger partial charge on any atom is 0.124 e. The Kier molecular flexibility index (Phi) is 5.39. The zero-order chi connectivity index (χ0) is 12.8. The quantitative estimate of drug-likeness (QED) is 0.879. The summed E-state index contributed by atoms with van der Waals surface area (Å²) in [5.41, 5.74) is 0.906. The Labute approximate surface area is 114 Å². The van der Waals surface area contributed by atoms with Crippen LogP contribution in [0.1, 0.15) is 43.8 Å². The molecule has 2 rings (SSSR count). The number of ether oxygens (including phenoxy) is 1. The lowest BCUT2D eigenvalue weighted by atomic mass is 10.0. The summed E-state index contributed by atoms with van der Waals surface area (Å²) in [7, 11) is 1.65. The van der Waals surface area contributed by atoms with Crippen LogP contribution in [0.2, 0.25) is 0 Å². The van der Waals surface area contributed by atoms with Gasteiger partial charge in [0.15, 0.2) is 0 Å². The predicted molar refractivity (Wildman–Crippen MR) is 77.3 cm³/mol. The van der Waals surface area contributed by atoms with E-state index in [1.165, 1.54) is 32.1 Å². The largest absolute Gasteiger partial charge is 0.496 e. The monoisotopic (exact) mass is 266 g/mol. The van der Waals surface area contributed by atoms with Gasteiger partial charge in [0.2, 0.25) is 0 Å². The molecule has 1 N–H and O–H groups in total. The number of para-hydroxylation sites is 1. The molecule has 1 saturated carbocycles. The normalized spacial score (nSPS) is 18.6. The minimum atomic E-state index is -0.423. The summed E-state index contributed by atoms with van der Waals surface area (Å²) in [6.07, 6.45) is 6.27. The molecular formula is C15H22O2S. The van der Waals surface area contributed by atoms with E-state index in [4.69, 9.17) is 4.74 Å². The van der Waals surface area contributed by atoms with Crippen LogP contribution in [0.25, 0.3) is 0 Å². The number of thioether (sulfide) groups is 1. The summed E-state index contributed by atoms with van der Waals surface area (Å²) in [5.74, 6) is 1.56. The van der Waals surface area contributed by atoms with Crippen molar-refractivity contribution in [1.82, 2.24) is 0 Å². The molecule has 0 spiro atoms. The summed E-state index contributed by atoms with van der Waals surface area (Å²) in [5, 5.41) is 11.0. The zero-order valence-electron chi connectivity index (χ0n) is 11.0. The first-order chi connectivity index (χ1) is 8.81. The van der Waals surface area contributed by atoms with Crippen molar-refractivity contribution in [1.29, 1.82) is 0 Å². The highest BCUT2D eigenvalue weighted by Crippen LogP contribution is 2.33. The first-order valence-corrected chi connectivity index (χ1v) is 7.78. The number of aliphatic hydroxyl groups is 1. The van der Waals surface area contributed by atoms with Crippen LogP contribution in [0.15, 0.2) is 24.3 Å². The fraction of sp³-hybridized carbons (Fsp3) is 0.600. The molecule has 1 atom stereocenters. The topological polar surface area (TPSA) is 29.5 Å². The zero-order valence-corrected chi connectivity index (χ0v) is 11.8. The highest BCUT2D eigenvalue weighted by atomic mass is 32.2. The Balaban J connectivity index is 1.88. The molecule has 18 heavy (non-hydrogen) atoms. The molecule has 1 fully saturated rings. The molecule has 1 aromatic carbocycles. The van der Waals surface area contributed by atoms with Gasteiger partial charge in [0.1, 0.15) is 5.75 Å². The highest BCUT2D eigenvalue weighted by Gasteiger charge is 2.18. The lowest BCUT2D eigenvalue weighted by molar-refractivity contribution is 0.198. The van der Waals surface area contributed by atoms with E-state index < -0.39 is 6.10 Å². The van der Waals surface area contributed by atoms with E-state index in [0.717, 1.165) is 22.3 Å². The van der Waals surface area contributed by atoms with Gasteiger partial charge in [-0.1, -0.05) is 37.5 Å². The van der Waals surface area contributed by atoms with Gasteiger partial charge in [0, 0.05) is 16.6 Å². The van der Waals surface area contributed by atoms with Gasteiger partial charge in [-0.2, -0.15) is 11.8 Å². The molecule has 1 unspecified atom stereocenters. The van der Waals surface area contributed by atoms with Gasteiger partial charge in [0.25, 0.3) is 0 Å². The van der Waals surface area contributed by atoms with Gasteiger partial charge in [0.05, 0.1) is 13.2 Å². The smallest absolute Gasteiger partial charge is 0.124 e. The van der Waals surface area contributed by atoms with Crippen LogP contribution in [0.4, 0.5) is 0 Å². The van der Waals surface area contributed by atoms with Crippen LogP contribution in [0.3, 0.4) is 0 Å². The number of methoxy groups -OCH3 is 1. The third-order valence-corrected chi connectivity index (χ3v) is 4.99. The second kappa shape index (κ2) is 7.05. The van der Waals surface area contributed by atoms with Crippen LogP contribution >= 0.6 is 11.8 Å². The molecule has 2 nitrogen and oxygen atoms in total. The maximum atomic E-state index is 10.3. The van der Waals surface area contributed by atoms with E-state index in [1.54, 1.807) is 7.11 Å². The molecule has 1 aliphatic carbocycles. The standard InChI is InChI=1S/C15H22O2S/c1-17-15-10-6-5-9-13(15)14(16)11-18-12-7-3-2-4-8-12/h5-6,9-10,12,14,16H,2-4,7-8,11H2,1H3. The Morgan fingerprint density at radius 1 is 1.28 bits per heavy atom. The fourth-order valence-corrected chi connectivity index (χ4v) is 3.79. The van der Waals surface area contributed by atoms with Gasteiger partial charge >= 0.3 is 0 Å². The third-order valence-electron chi connectivity index (χ3n) is 3.54. The van der Waals surface area contributed by atoms with Crippen molar-refractivity contribution in [3.05, 3.63) is 29.8 Å². The number of hydrogen-bond donors (Lipinski definition) is 1. The minimum Gasteiger partial charge on any atom is -0.496 e. The SMILES string of the molecule is COc1ccccc1C(O)CSC1CCCCC1.